The lowest BCUT2D eigenvalue weighted by atomic mass is 10.2. The molecular formula is C10H9F3N2S. The summed E-state index contributed by atoms with van der Waals surface area (Å²) in [5.41, 5.74) is -3.05. The van der Waals surface area contributed by atoms with Gasteiger partial charge in [0.2, 0.25) is 0 Å². The van der Waals surface area contributed by atoms with E-state index in [-0.39, 0.29) is 24.1 Å². The third kappa shape index (κ3) is 4.94. The molecule has 0 heterocycles. The highest BCUT2D eigenvalue weighted by molar-refractivity contribution is 8.00. The lowest BCUT2D eigenvalue weighted by Gasteiger charge is -2.07. The first-order valence-corrected chi connectivity index (χ1v) is 5.44. The number of nitriles is 1. The van der Waals surface area contributed by atoms with E-state index in [2.05, 4.69) is 5.32 Å². The first kappa shape index (κ1) is 12.7. The molecule has 0 bridgehead atoms. The van der Waals surface area contributed by atoms with E-state index in [1.807, 2.05) is 6.07 Å². The van der Waals surface area contributed by atoms with Crippen LogP contribution in [0.5, 0.6) is 0 Å². The van der Waals surface area contributed by atoms with E-state index >= 15 is 0 Å². The average Bonchev–Trinajstić information content (AvgIpc) is 2.23. The third-order valence-corrected chi connectivity index (χ3v) is 2.42. The van der Waals surface area contributed by atoms with Crippen molar-refractivity contribution in [2.75, 3.05) is 17.6 Å². The molecule has 0 fully saturated rings. The Morgan fingerprint density at radius 1 is 1.38 bits per heavy atom. The number of halogens is 3. The van der Waals surface area contributed by atoms with Crippen LogP contribution in [-0.2, 0) is 0 Å². The van der Waals surface area contributed by atoms with Gasteiger partial charge in [0.15, 0.2) is 0 Å². The molecule has 1 aromatic carbocycles. The fraction of sp³-hybridized carbons (Fsp3) is 0.300. The molecule has 1 aromatic rings. The number of hydrogen-bond acceptors (Lipinski definition) is 3. The van der Waals surface area contributed by atoms with Gasteiger partial charge in [-0.3, -0.25) is 0 Å². The second kappa shape index (κ2) is 5.66. The molecule has 0 amide bonds. The lowest BCUT2D eigenvalue weighted by Crippen LogP contribution is -2.09. The zero-order valence-electron chi connectivity index (χ0n) is 8.21. The van der Waals surface area contributed by atoms with Gasteiger partial charge >= 0.3 is 5.51 Å². The molecule has 0 spiro atoms. The van der Waals surface area contributed by atoms with Crippen LogP contribution in [0.25, 0.3) is 0 Å². The molecule has 6 heteroatoms. The van der Waals surface area contributed by atoms with Crippen LogP contribution in [0.3, 0.4) is 0 Å². The number of rotatable bonds is 4. The quantitative estimate of drug-likeness (QED) is 0.828. The Labute approximate surface area is 95.5 Å². The average molecular weight is 246 g/mol. The van der Waals surface area contributed by atoms with Gasteiger partial charge in [0, 0.05) is 18.0 Å². The van der Waals surface area contributed by atoms with Gasteiger partial charge in [0.05, 0.1) is 11.6 Å². The zero-order valence-corrected chi connectivity index (χ0v) is 9.03. The predicted molar refractivity (Wildman–Crippen MR) is 58.2 cm³/mol. The maximum atomic E-state index is 11.8. The molecule has 16 heavy (non-hydrogen) atoms. The highest BCUT2D eigenvalue weighted by atomic mass is 32.2. The highest BCUT2D eigenvalue weighted by Gasteiger charge is 2.27. The van der Waals surface area contributed by atoms with Crippen molar-refractivity contribution in [2.24, 2.45) is 0 Å². The van der Waals surface area contributed by atoms with Crippen LogP contribution < -0.4 is 5.32 Å². The van der Waals surface area contributed by atoms with Crippen molar-refractivity contribution < 1.29 is 13.2 Å². The van der Waals surface area contributed by atoms with Gasteiger partial charge in [-0.2, -0.15) is 18.4 Å². The number of anilines is 1. The van der Waals surface area contributed by atoms with E-state index in [1.54, 1.807) is 24.3 Å². The zero-order chi connectivity index (χ0) is 12.0. The maximum Gasteiger partial charge on any atom is 0.441 e. The molecule has 0 aliphatic heterocycles. The summed E-state index contributed by atoms with van der Waals surface area (Å²) in [5, 5.41) is 11.4. The van der Waals surface area contributed by atoms with Crippen molar-refractivity contribution in [1.29, 1.82) is 5.26 Å². The summed E-state index contributed by atoms with van der Waals surface area (Å²) >= 11 is -0.0647. The SMILES string of the molecule is N#Cc1cccc(NCCSC(F)(F)F)c1. The van der Waals surface area contributed by atoms with E-state index in [1.165, 1.54) is 0 Å². The van der Waals surface area contributed by atoms with Crippen LogP contribution in [0, 0.1) is 11.3 Å². The summed E-state index contributed by atoms with van der Waals surface area (Å²) in [7, 11) is 0. The van der Waals surface area contributed by atoms with Gasteiger partial charge in [0.1, 0.15) is 0 Å². The first-order valence-electron chi connectivity index (χ1n) is 4.46. The number of nitrogens with zero attached hydrogens (tertiary/aromatic N) is 1. The van der Waals surface area contributed by atoms with Gasteiger partial charge < -0.3 is 5.32 Å². The van der Waals surface area contributed by atoms with Gasteiger partial charge in [-0.05, 0) is 30.0 Å². The molecular weight excluding hydrogens is 237 g/mol. The number of nitrogens with one attached hydrogen (secondary N) is 1. The molecule has 0 aliphatic carbocycles. The molecule has 0 unspecified atom stereocenters. The van der Waals surface area contributed by atoms with Crippen molar-refractivity contribution in [3.63, 3.8) is 0 Å². The lowest BCUT2D eigenvalue weighted by molar-refractivity contribution is -0.0327. The predicted octanol–water partition coefficient (Wildman–Crippen LogP) is 3.22. The standard InChI is InChI=1S/C10H9F3N2S/c11-10(12,13)16-5-4-15-9-3-1-2-8(6-9)7-14/h1-3,6,15H,4-5H2. The Balaban J connectivity index is 2.35. The fourth-order valence-electron chi connectivity index (χ4n) is 1.06. The van der Waals surface area contributed by atoms with E-state index in [0.29, 0.717) is 11.3 Å². The molecule has 1 rings (SSSR count). The Morgan fingerprint density at radius 2 is 2.12 bits per heavy atom. The Bertz CT molecular complexity index is 384. The summed E-state index contributed by atoms with van der Waals surface area (Å²) < 4.78 is 35.4. The molecule has 0 atom stereocenters. The van der Waals surface area contributed by atoms with Crippen LogP contribution in [0.2, 0.25) is 0 Å². The van der Waals surface area contributed by atoms with Gasteiger partial charge in [-0.25, -0.2) is 0 Å². The van der Waals surface area contributed by atoms with Crippen LogP contribution in [0.15, 0.2) is 24.3 Å². The van der Waals surface area contributed by atoms with E-state index in [0.717, 1.165) is 0 Å². The summed E-state index contributed by atoms with van der Waals surface area (Å²) in [5.74, 6) is -0.0553. The number of alkyl halides is 3. The molecule has 0 saturated heterocycles. The third-order valence-electron chi connectivity index (χ3n) is 1.69. The monoisotopic (exact) mass is 246 g/mol. The van der Waals surface area contributed by atoms with E-state index in [9.17, 15) is 13.2 Å². The first-order chi connectivity index (χ1) is 7.51. The van der Waals surface area contributed by atoms with E-state index < -0.39 is 5.51 Å². The van der Waals surface area contributed by atoms with Gasteiger partial charge in [-0.1, -0.05) is 6.07 Å². The normalized spacial score (nSPS) is 10.9. The van der Waals surface area contributed by atoms with Crippen LogP contribution in [0.4, 0.5) is 18.9 Å². The van der Waals surface area contributed by atoms with Gasteiger partial charge in [0.25, 0.3) is 0 Å². The topological polar surface area (TPSA) is 35.8 Å². The highest BCUT2D eigenvalue weighted by Crippen LogP contribution is 2.29. The maximum absolute atomic E-state index is 11.8. The Hall–Kier alpha value is -1.35. The van der Waals surface area contributed by atoms with Crippen molar-refractivity contribution in [3.05, 3.63) is 29.8 Å². The van der Waals surface area contributed by atoms with Crippen LogP contribution in [0.1, 0.15) is 5.56 Å². The molecule has 0 aromatic heterocycles. The molecule has 1 N–H and O–H groups in total. The second-order valence-corrected chi connectivity index (χ2v) is 4.07. The molecule has 0 aliphatic rings. The van der Waals surface area contributed by atoms with Crippen molar-refractivity contribution in [3.8, 4) is 6.07 Å². The second-order valence-electron chi connectivity index (χ2n) is 2.91. The molecule has 86 valence electrons. The van der Waals surface area contributed by atoms with E-state index in [4.69, 9.17) is 5.26 Å². The summed E-state index contributed by atoms with van der Waals surface area (Å²) in [6.07, 6.45) is 0. The smallest absolute Gasteiger partial charge is 0.384 e. The summed E-state index contributed by atoms with van der Waals surface area (Å²) in [6.45, 7) is 0.207. The minimum atomic E-state index is -4.18. The van der Waals surface area contributed by atoms with Crippen LogP contribution in [-0.4, -0.2) is 17.8 Å². The summed E-state index contributed by atoms with van der Waals surface area (Å²) in [6, 6.07) is 8.57. The summed E-state index contributed by atoms with van der Waals surface area (Å²) in [4.78, 5) is 0. The Kier molecular flexibility index (Phi) is 4.50. The minimum absolute atomic E-state index is 0.0553. The Morgan fingerprint density at radius 3 is 2.75 bits per heavy atom. The molecule has 2 nitrogen and oxygen atoms in total. The van der Waals surface area contributed by atoms with Crippen molar-refractivity contribution in [1.82, 2.24) is 0 Å². The molecule has 0 radical (unpaired) electrons. The minimum Gasteiger partial charge on any atom is -0.384 e. The fourth-order valence-corrected chi connectivity index (χ4v) is 1.50. The number of benzene rings is 1. The van der Waals surface area contributed by atoms with Crippen molar-refractivity contribution >= 4 is 17.4 Å². The van der Waals surface area contributed by atoms with Crippen LogP contribution >= 0.6 is 11.8 Å². The number of hydrogen-bond donors (Lipinski definition) is 1. The van der Waals surface area contributed by atoms with Crippen molar-refractivity contribution in [2.45, 2.75) is 5.51 Å². The van der Waals surface area contributed by atoms with Gasteiger partial charge in [-0.15, -0.1) is 0 Å². The number of thioether (sulfide) groups is 1. The molecule has 0 saturated carbocycles. The largest absolute Gasteiger partial charge is 0.441 e.